The second-order valence-corrected chi connectivity index (χ2v) is 8.39. The second kappa shape index (κ2) is 6.26. The molecule has 136 valence electrons. The van der Waals surface area contributed by atoms with Gasteiger partial charge in [-0.2, -0.15) is 9.40 Å². The third kappa shape index (κ3) is 3.23. The highest BCUT2D eigenvalue weighted by atomic mass is 32.2. The van der Waals surface area contributed by atoms with Crippen LogP contribution < -0.4 is 5.32 Å². The van der Waals surface area contributed by atoms with E-state index in [1.54, 1.807) is 10.7 Å². The van der Waals surface area contributed by atoms with Gasteiger partial charge in [-0.1, -0.05) is 6.07 Å². The number of aromatic nitrogens is 3. The first-order valence-corrected chi connectivity index (χ1v) is 10.1. The quantitative estimate of drug-likeness (QED) is 0.714. The highest BCUT2D eigenvalue weighted by Gasteiger charge is 2.24. The van der Waals surface area contributed by atoms with E-state index in [0.29, 0.717) is 37.4 Å². The van der Waals surface area contributed by atoms with E-state index < -0.39 is 10.0 Å². The Morgan fingerprint density at radius 3 is 2.92 bits per heavy atom. The molecule has 3 aromatic rings. The van der Waals surface area contributed by atoms with E-state index >= 15 is 0 Å². The van der Waals surface area contributed by atoms with Crippen LogP contribution in [-0.4, -0.2) is 46.2 Å². The van der Waals surface area contributed by atoms with Gasteiger partial charge in [0.25, 0.3) is 5.91 Å². The monoisotopic (exact) mass is 373 g/mol. The van der Waals surface area contributed by atoms with Crippen LogP contribution in [0.5, 0.6) is 0 Å². The van der Waals surface area contributed by atoms with Crippen molar-refractivity contribution in [1.29, 1.82) is 0 Å². The number of rotatable bonds is 4. The molecule has 8 nitrogen and oxygen atoms in total. The van der Waals surface area contributed by atoms with Crippen LogP contribution >= 0.6 is 0 Å². The zero-order valence-electron chi connectivity index (χ0n) is 14.3. The van der Waals surface area contributed by atoms with Crippen LogP contribution in [0.25, 0.3) is 10.9 Å². The van der Waals surface area contributed by atoms with Gasteiger partial charge in [-0.05, 0) is 29.7 Å². The Bertz CT molecular complexity index is 1080. The summed E-state index contributed by atoms with van der Waals surface area (Å²) in [7, 11) is -3.21. The molecule has 0 aliphatic carbocycles. The zero-order chi connectivity index (χ0) is 18.3. The Balaban J connectivity index is 1.44. The number of H-pyrrole nitrogens is 1. The number of hydrogen-bond donors (Lipinski definition) is 2. The molecule has 9 heteroatoms. The highest BCUT2D eigenvalue weighted by molar-refractivity contribution is 7.88. The van der Waals surface area contributed by atoms with Crippen LogP contribution in [0.2, 0.25) is 0 Å². The fourth-order valence-electron chi connectivity index (χ4n) is 3.13. The Morgan fingerprint density at radius 1 is 1.27 bits per heavy atom. The van der Waals surface area contributed by atoms with Crippen molar-refractivity contribution >= 4 is 26.8 Å². The molecule has 0 saturated carbocycles. The molecule has 0 atom stereocenters. The molecule has 0 bridgehead atoms. The number of carbonyl (C=O) groups excluding carboxylic acids is 1. The molecule has 1 aliphatic rings. The Kier molecular flexibility index (Phi) is 4.04. The van der Waals surface area contributed by atoms with Gasteiger partial charge in [0.05, 0.1) is 37.3 Å². The van der Waals surface area contributed by atoms with Gasteiger partial charge < -0.3 is 10.3 Å². The van der Waals surface area contributed by atoms with Crippen LogP contribution in [0, 0.1) is 0 Å². The van der Waals surface area contributed by atoms with Crippen molar-refractivity contribution in [2.75, 3.05) is 12.8 Å². The maximum absolute atomic E-state index is 12.4. The Morgan fingerprint density at radius 2 is 2.12 bits per heavy atom. The van der Waals surface area contributed by atoms with E-state index in [4.69, 9.17) is 0 Å². The van der Waals surface area contributed by atoms with Crippen LogP contribution in [0.15, 0.2) is 36.5 Å². The van der Waals surface area contributed by atoms with E-state index in [2.05, 4.69) is 15.4 Å². The van der Waals surface area contributed by atoms with Crippen molar-refractivity contribution in [2.24, 2.45) is 0 Å². The Hall–Kier alpha value is -2.65. The van der Waals surface area contributed by atoms with Crippen LogP contribution in [0.1, 0.15) is 21.7 Å². The van der Waals surface area contributed by atoms with Crippen LogP contribution in [-0.2, 0) is 29.7 Å². The molecular formula is C17H19N5O3S. The molecule has 0 spiro atoms. The van der Waals surface area contributed by atoms with Crippen molar-refractivity contribution in [2.45, 2.75) is 19.6 Å². The van der Waals surface area contributed by atoms with E-state index in [0.717, 1.165) is 16.6 Å². The van der Waals surface area contributed by atoms with Gasteiger partial charge in [0.2, 0.25) is 10.0 Å². The van der Waals surface area contributed by atoms with Gasteiger partial charge >= 0.3 is 0 Å². The third-order valence-electron chi connectivity index (χ3n) is 4.53. The minimum atomic E-state index is -3.21. The average molecular weight is 373 g/mol. The predicted octanol–water partition coefficient (Wildman–Crippen LogP) is 1.07. The number of aromatic amines is 1. The minimum Gasteiger partial charge on any atom is -0.361 e. The number of nitrogens with one attached hydrogen (secondary N) is 2. The first-order chi connectivity index (χ1) is 12.4. The smallest absolute Gasteiger partial charge is 0.251 e. The fraction of sp³-hybridized carbons (Fsp3) is 0.294. The summed E-state index contributed by atoms with van der Waals surface area (Å²) in [5.41, 5.74) is 3.03. The summed E-state index contributed by atoms with van der Waals surface area (Å²) in [6, 6.07) is 9.29. The molecule has 1 aromatic carbocycles. The van der Waals surface area contributed by atoms with Gasteiger partial charge in [-0.25, -0.2) is 8.42 Å². The maximum Gasteiger partial charge on any atom is 0.251 e. The summed E-state index contributed by atoms with van der Waals surface area (Å²) in [6.45, 7) is 1.53. The number of carbonyl (C=O) groups is 1. The zero-order valence-corrected chi connectivity index (χ0v) is 15.1. The van der Waals surface area contributed by atoms with Crippen molar-refractivity contribution in [3.63, 3.8) is 0 Å². The van der Waals surface area contributed by atoms with Gasteiger partial charge in [-0.15, -0.1) is 0 Å². The SMILES string of the molecule is CS(=O)(=O)N1CCn2nc(CNC(=O)c3ccc4cc[nH]c4c3)cc2C1. The summed E-state index contributed by atoms with van der Waals surface area (Å²) in [5.74, 6) is -0.176. The fourth-order valence-corrected chi connectivity index (χ4v) is 3.91. The van der Waals surface area contributed by atoms with Crippen molar-refractivity contribution in [3.05, 3.63) is 53.5 Å². The van der Waals surface area contributed by atoms with Gasteiger partial charge in [0, 0.05) is 23.8 Å². The predicted molar refractivity (Wildman–Crippen MR) is 96.9 cm³/mol. The Labute approximate surface area is 150 Å². The summed E-state index contributed by atoms with van der Waals surface area (Å²) >= 11 is 0. The van der Waals surface area contributed by atoms with E-state index in [1.165, 1.54) is 10.6 Å². The van der Waals surface area contributed by atoms with Crippen LogP contribution in [0.4, 0.5) is 0 Å². The van der Waals surface area contributed by atoms with Crippen molar-refractivity contribution in [3.8, 4) is 0 Å². The largest absolute Gasteiger partial charge is 0.361 e. The molecule has 26 heavy (non-hydrogen) atoms. The summed E-state index contributed by atoms with van der Waals surface area (Å²) < 4.78 is 26.6. The molecule has 0 fully saturated rings. The molecule has 0 saturated heterocycles. The van der Waals surface area contributed by atoms with Crippen LogP contribution in [0.3, 0.4) is 0 Å². The molecule has 2 aromatic heterocycles. The lowest BCUT2D eigenvalue weighted by Crippen LogP contribution is -2.37. The average Bonchev–Trinajstić information content (AvgIpc) is 3.23. The van der Waals surface area contributed by atoms with E-state index in [1.807, 2.05) is 30.5 Å². The molecule has 4 rings (SSSR count). The summed E-state index contributed by atoms with van der Waals surface area (Å²) in [5, 5.41) is 8.37. The second-order valence-electron chi connectivity index (χ2n) is 6.41. The maximum atomic E-state index is 12.4. The minimum absolute atomic E-state index is 0.176. The van der Waals surface area contributed by atoms with Gasteiger partial charge in [0.1, 0.15) is 0 Å². The number of amides is 1. The lowest BCUT2D eigenvalue weighted by atomic mass is 10.1. The number of sulfonamides is 1. The summed E-state index contributed by atoms with van der Waals surface area (Å²) in [6.07, 6.45) is 3.04. The van der Waals surface area contributed by atoms with E-state index in [9.17, 15) is 13.2 Å². The molecule has 0 unspecified atom stereocenters. The van der Waals surface area contributed by atoms with E-state index in [-0.39, 0.29) is 5.91 Å². The number of fused-ring (bicyclic) bond motifs is 2. The van der Waals surface area contributed by atoms with Crippen molar-refractivity contribution in [1.82, 2.24) is 24.4 Å². The molecule has 3 heterocycles. The number of hydrogen-bond acceptors (Lipinski definition) is 4. The van der Waals surface area contributed by atoms with Gasteiger partial charge in [-0.3, -0.25) is 9.48 Å². The van der Waals surface area contributed by atoms with Gasteiger partial charge in [0.15, 0.2) is 0 Å². The standard InChI is InChI=1S/C17H19N5O3S/c1-26(24,25)21-6-7-22-15(11-21)9-14(20-22)10-19-17(23)13-3-2-12-4-5-18-16(12)8-13/h2-5,8-9,18H,6-7,10-11H2,1H3,(H,19,23). The number of benzene rings is 1. The molecular weight excluding hydrogens is 354 g/mol. The molecule has 2 N–H and O–H groups in total. The lowest BCUT2D eigenvalue weighted by molar-refractivity contribution is 0.0950. The normalized spacial score (nSPS) is 15.1. The molecule has 1 aliphatic heterocycles. The topological polar surface area (TPSA) is 100 Å². The lowest BCUT2D eigenvalue weighted by Gasteiger charge is -2.25. The third-order valence-corrected chi connectivity index (χ3v) is 5.78. The summed E-state index contributed by atoms with van der Waals surface area (Å²) in [4.78, 5) is 15.5. The molecule has 1 amide bonds. The molecule has 0 radical (unpaired) electrons. The number of nitrogens with zero attached hydrogens (tertiary/aromatic N) is 3. The first-order valence-electron chi connectivity index (χ1n) is 8.26. The highest BCUT2D eigenvalue weighted by Crippen LogP contribution is 2.17. The first kappa shape index (κ1) is 16.8. The van der Waals surface area contributed by atoms with Crippen molar-refractivity contribution < 1.29 is 13.2 Å².